The zero-order valence-electron chi connectivity index (χ0n) is 11.7. The number of likely N-dealkylation sites (N-methyl/N-ethyl adjacent to an activating group) is 1. The summed E-state index contributed by atoms with van der Waals surface area (Å²) in [6.07, 6.45) is 1.77. The van der Waals surface area contributed by atoms with Crippen molar-refractivity contribution in [1.29, 1.82) is 0 Å². The molecule has 1 heterocycles. The average molecular weight is 262 g/mol. The molecule has 0 spiro atoms. The molecule has 1 aliphatic heterocycles. The first-order chi connectivity index (χ1) is 9.05. The molecule has 1 amide bonds. The molecule has 4 nitrogen and oxygen atoms in total. The van der Waals surface area contributed by atoms with Crippen LogP contribution in [0.3, 0.4) is 0 Å². The van der Waals surface area contributed by atoms with Gasteiger partial charge in [0.15, 0.2) is 0 Å². The average Bonchev–Trinajstić information content (AvgIpc) is 2.85. The van der Waals surface area contributed by atoms with Crippen LogP contribution < -0.4 is 5.73 Å². The molecule has 0 radical (unpaired) electrons. The number of hydrogen-bond acceptors (Lipinski definition) is 3. The lowest BCUT2D eigenvalue weighted by Gasteiger charge is -2.30. The van der Waals surface area contributed by atoms with Gasteiger partial charge in [0.1, 0.15) is 5.60 Å². The van der Waals surface area contributed by atoms with Crippen LogP contribution in [0.1, 0.15) is 32.3 Å². The molecule has 2 N–H and O–H groups in total. The lowest BCUT2D eigenvalue weighted by molar-refractivity contribution is -0.151. The Morgan fingerprint density at radius 3 is 2.63 bits per heavy atom. The lowest BCUT2D eigenvalue weighted by atomic mass is 10.0. The summed E-state index contributed by atoms with van der Waals surface area (Å²) in [5.41, 5.74) is 6.86. The van der Waals surface area contributed by atoms with Crippen molar-refractivity contribution < 1.29 is 9.53 Å². The third kappa shape index (κ3) is 3.07. The van der Waals surface area contributed by atoms with Crippen LogP contribution in [-0.4, -0.2) is 29.6 Å². The van der Waals surface area contributed by atoms with Gasteiger partial charge in [-0.3, -0.25) is 4.79 Å². The van der Waals surface area contributed by atoms with E-state index in [2.05, 4.69) is 0 Å². The van der Waals surface area contributed by atoms with E-state index in [4.69, 9.17) is 10.5 Å². The highest BCUT2D eigenvalue weighted by Gasteiger charge is 2.40. The van der Waals surface area contributed by atoms with Gasteiger partial charge in [0.2, 0.25) is 0 Å². The van der Waals surface area contributed by atoms with Crippen LogP contribution in [-0.2, 0) is 16.1 Å². The quantitative estimate of drug-likeness (QED) is 0.846. The van der Waals surface area contributed by atoms with E-state index in [-0.39, 0.29) is 5.91 Å². The molecule has 0 bridgehead atoms. The smallest absolute Gasteiger partial charge is 0.254 e. The second kappa shape index (κ2) is 5.61. The predicted molar refractivity (Wildman–Crippen MR) is 75.5 cm³/mol. The van der Waals surface area contributed by atoms with E-state index in [0.717, 1.165) is 24.1 Å². The number of nitrogens with zero attached hydrogens (tertiary/aromatic N) is 1. The number of nitrogen functional groups attached to an aromatic ring is 1. The number of amides is 1. The Kier molecular flexibility index (Phi) is 4.10. The van der Waals surface area contributed by atoms with Crippen molar-refractivity contribution in [2.45, 2.75) is 38.8 Å². The van der Waals surface area contributed by atoms with Gasteiger partial charge in [-0.2, -0.15) is 0 Å². The van der Waals surface area contributed by atoms with Gasteiger partial charge in [0.05, 0.1) is 0 Å². The van der Waals surface area contributed by atoms with Crippen molar-refractivity contribution in [3.63, 3.8) is 0 Å². The van der Waals surface area contributed by atoms with E-state index >= 15 is 0 Å². The fourth-order valence-electron chi connectivity index (χ4n) is 2.45. The molecule has 2 rings (SSSR count). The van der Waals surface area contributed by atoms with Crippen molar-refractivity contribution in [1.82, 2.24) is 4.90 Å². The van der Waals surface area contributed by atoms with Crippen LogP contribution in [0.4, 0.5) is 5.69 Å². The molecule has 1 unspecified atom stereocenters. The first-order valence-electron chi connectivity index (χ1n) is 6.83. The Labute approximate surface area is 114 Å². The van der Waals surface area contributed by atoms with Gasteiger partial charge >= 0.3 is 0 Å². The maximum absolute atomic E-state index is 12.5. The molecular formula is C15H22N2O2. The standard InChI is InChI=1S/C15H22N2O2/c1-3-17(11-12-5-7-13(16)8-6-12)14(18)15(2)9-4-10-19-15/h5-8H,3-4,9-11,16H2,1-2H3. The van der Waals surface area contributed by atoms with Crippen LogP contribution in [0, 0.1) is 0 Å². The molecule has 1 fully saturated rings. The normalized spacial score (nSPS) is 22.4. The van der Waals surface area contributed by atoms with Gasteiger partial charge in [-0.15, -0.1) is 0 Å². The van der Waals surface area contributed by atoms with Gasteiger partial charge in [0, 0.05) is 25.4 Å². The first kappa shape index (κ1) is 13.9. The fraction of sp³-hybridized carbons (Fsp3) is 0.533. The molecule has 1 aromatic rings. The number of nitrogens with two attached hydrogens (primary N) is 1. The Bertz CT molecular complexity index is 436. The number of benzene rings is 1. The van der Waals surface area contributed by atoms with E-state index in [0.29, 0.717) is 19.7 Å². The van der Waals surface area contributed by atoms with Crippen LogP contribution >= 0.6 is 0 Å². The van der Waals surface area contributed by atoms with Crippen molar-refractivity contribution in [2.75, 3.05) is 18.9 Å². The highest BCUT2D eigenvalue weighted by atomic mass is 16.5. The highest BCUT2D eigenvalue weighted by Crippen LogP contribution is 2.27. The number of ether oxygens (including phenoxy) is 1. The molecule has 0 saturated carbocycles. The Morgan fingerprint density at radius 2 is 2.11 bits per heavy atom. The monoisotopic (exact) mass is 262 g/mol. The molecule has 104 valence electrons. The van der Waals surface area contributed by atoms with E-state index in [1.165, 1.54) is 0 Å². The first-order valence-corrected chi connectivity index (χ1v) is 6.83. The maximum Gasteiger partial charge on any atom is 0.254 e. The summed E-state index contributed by atoms with van der Waals surface area (Å²) in [7, 11) is 0. The summed E-state index contributed by atoms with van der Waals surface area (Å²) in [5.74, 6) is 0.0873. The fourth-order valence-corrected chi connectivity index (χ4v) is 2.45. The number of rotatable bonds is 4. The van der Waals surface area contributed by atoms with Gasteiger partial charge in [-0.1, -0.05) is 12.1 Å². The number of carbonyl (C=O) groups excluding carboxylic acids is 1. The van der Waals surface area contributed by atoms with Crippen LogP contribution in [0.5, 0.6) is 0 Å². The zero-order valence-corrected chi connectivity index (χ0v) is 11.7. The van der Waals surface area contributed by atoms with Gasteiger partial charge in [-0.05, 0) is 44.4 Å². The highest BCUT2D eigenvalue weighted by molar-refractivity contribution is 5.85. The number of hydrogen-bond donors (Lipinski definition) is 1. The van der Waals surface area contributed by atoms with Gasteiger partial charge < -0.3 is 15.4 Å². The van der Waals surface area contributed by atoms with Crippen LogP contribution in [0.15, 0.2) is 24.3 Å². The molecule has 1 aromatic carbocycles. The Balaban J connectivity index is 2.07. The second-order valence-electron chi connectivity index (χ2n) is 5.24. The third-order valence-electron chi connectivity index (χ3n) is 3.69. The minimum Gasteiger partial charge on any atom is -0.399 e. The van der Waals surface area contributed by atoms with Crippen LogP contribution in [0.2, 0.25) is 0 Å². The number of carbonyl (C=O) groups is 1. The minimum absolute atomic E-state index is 0.0873. The summed E-state index contributed by atoms with van der Waals surface area (Å²) in [5, 5.41) is 0. The van der Waals surface area contributed by atoms with E-state index in [1.807, 2.05) is 43.0 Å². The third-order valence-corrected chi connectivity index (χ3v) is 3.69. The molecule has 19 heavy (non-hydrogen) atoms. The Morgan fingerprint density at radius 1 is 1.42 bits per heavy atom. The summed E-state index contributed by atoms with van der Waals surface area (Å²) in [6.45, 7) is 5.86. The predicted octanol–water partition coefficient (Wildman–Crippen LogP) is 2.19. The summed E-state index contributed by atoms with van der Waals surface area (Å²) >= 11 is 0. The van der Waals surface area contributed by atoms with Crippen molar-refractivity contribution in [3.05, 3.63) is 29.8 Å². The minimum atomic E-state index is -0.635. The van der Waals surface area contributed by atoms with Crippen molar-refractivity contribution >= 4 is 11.6 Å². The Hall–Kier alpha value is -1.55. The molecule has 4 heteroatoms. The molecule has 1 atom stereocenters. The van der Waals surface area contributed by atoms with E-state index in [9.17, 15) is 4.79 Å². The van der Waals surface area contributed by atoms with Crippen LogP contribution in [0.25, 0.3) is 0 Å². The summed E-state index contributed by atoms with van der Waals surface area (Å²) in [4.78, 5) is 14.4. The topological polar surface area (TPSA) is 55.6 Å². The summed E-state index contributed by atoms with van der Waals surface area (Å²) < 4.78 is 5.63. The van der Waals surface area contributed by atoms with Crippen molar-refractivity contribution in [3.8, 4) is 0 Å². The lowest BCUT2D eigenvalue weighted by Crippen LogP contribution is -2.46. The van der Waals surface area contributed by atoms with Crippen molar-refractivity contribution in [2.24, 2.45) is 0 Å². The van der Waals surface area contributed by atoms with Gasteiger partial charge in [-0.25, -0.2) is 0 Å². The second-order valence-corrected chi connectivity index (χ2v) is 5.24. The largest absolute Gasteiger partial charge is 0.399 e. The molecule has 0 aromatic heterocycles. The van der Waals surface area contributed by atoms with Gasteiger partial charge in [0.25, 0.3) is 5.91 Å². The zero-order chi connectivity index (χ0) is 13.9. The molecular weight excluding hydrogens is 240 g/mol. The summed E-state index contributed by atoms with van der Waals surface area (Å²) in [6, 6.07) is 7.65. The van der Waals surface area contributed by atoms with E-state index in [1.54, 1.807) is 0 Å². The molecule has 1 aliphatic rings. The molecule has 0 aliphatic carbocycles. The number of anilines is 1. The molecule has 1 saturated heterocycles. The SMILES string of the molecule is CCN(Cc1ccc(N)cc1)C(=O)C1(C)CCCO1. The maximum atomic E-state index is 12.5. The van der Waals surface area contributed by atoms with E-state index < -0.39 is 5.60 Å².